The molecule has 24 heavy (non-hydrogen) atoms. The third-order valence-electron chi connectivity index (χ3n) is 6.44. The molecule has 5 heteroatoms. The van der Waals surface area contributed by atoms with E-state index in [1.165, 1.54) is 32.4 Å². The predicted octanol–water partition coefficient (Wildman–Crippen LogP) is 2.04. The highest BCUT2D eigenvalue weighted by Gasteiger charge is 2.51. The molecule has 3 fully saturated rings. The molecule has 3 heterocycles. The van der Waals surface area contributed by atoms with Gasteiger partial charge < -0.3 is 5.32 Å². The molecule has 130 valence electrons. The summed E-state index contributed by atoms with van der Waals surface area (Å²) in [5.74, 6) is 0.899. The van der Waals surface area contributed by atoms with Gasteiger partial charge in [0.05, 0.1) is 0 Å². The standard InChI is InChI=1S/C19H28N4O/c1-15(24)23(18-4-2-3-10-21-18)16-6-12-22(13-7-16)17-5-8-19(17)9-11-20-14-19/h2-4,10,16-17,20H,5-9,11-14H2,1H3. The number of carbonyl (C=O) groups excluding carboxylic acids is 1. The number of amides is 1. The van der Waals surface area contributed by atoms with Crippen molar-refractivity contribution in [2.75, 3.05) is 31.1 Å². The van der Waals surface area contributed by atoms with Crippen LogP contribution in [0.4, 0.5) is 5.82 Å². The second kappa shape index (κ2) is 6.45. The van der Waals surface area contributed by atoms with Crippen LogP contribution in [-0.4, -0.2) is 54.1 Å². The molecule has 0 radical (unpaired) electrons. The van der Waals surface area contributed by atoms with Gasteiger partial charge in [-0.05, 0) is 56.2 Å². The first-order valence-corrected chi connectivity index (χ1v) is 9.35. The molecular weight excluding hydrogens is 300 g/mol. The van der Waals surface area contributed by atoms with Gasteiger partial charge in [-0.3, -0.25) is 14.6 Å². The number of pyridine rings is 1. The fraction of sp³-hybridized carbons (Fsp3) is 0.684. The maximum absolute atomic E-state index is 12.2. The number of rotatable bonds is 3. The van der Waals surface area contributed by atoms with Crippen LogP contribution in [0.3, 0.4) is 0 Å². The first kappa shape index (κ1) is 16.0. The van der Waals surface area contributed by atoms with Crippen molar-refractivity contribution < 1.29 is 4.79 Å². The molecule has 1 saturated carbocycles. The van der Waals surface area contributed by atoms with Crippen LogP contribution in [-0.2, 0) is 4.79 Å². The van der Waals surface area contributed by atoms with Crippen molar-refractivity contribution >= 4 is 11.7 Å². The highest BCUT2D eigenvalue weighted by atomic mass is 16.2. The molecule has 2 unspecified atom stereocenters. The lowest BCUT2D eigenvalue weighted by Crippen LogP contribution is -2.59. The van der Waals surface area contributed by atoms with Gasteiger partial charge in [0.2, 0.25) is 5.91 Å². The monoisotopic (exact) mass is 328 g/mol. The Balaban J connectivity index is 1.41. The molecule has 2 aliphatic heterocycles. The quantitative estimate of drug-likeness (QED) is 0.922. The average molecular weight is 328 g/mol. The summed E-state index contributed by atoms with van der Waals surface area (Å²) < 4.78 is 0. The van der Waals surface area contributed by atoms with Crippen LogP contribution >= 0.6 is 0 Å². The largest absolute Gasteiger partial charge is 0.316 e. The molecule has 1 amide bonds. The summed E-state index contributed by atoms with van der Waals surface area (Å²) in [6.07, 6.45) is 7.95. The lowest BCUT2D eigenvalue weighted by atomic mass is 9.63. The number of hydrogen-bond acceptors (Lipinski definition) is 4. The smallest absolute Gasteiger partial charge is 0.225 e. The van der Waals surface area contributed by atoms with E-state index in [0.717, 1.165) is 37.8 Å². The number of nitrogens with zero attached hydrogens (tertiary/aromatic N) is 3. The number of likely N-dealkylation sites (tertiary alicyclic amines) is 1. The first-order chi connectivity index (χ1) is 11.7. The lowest BCUT2D eigenvalue weighted by molar-refractivity contribution is -0.117. The predicted molar refractivity (Wildman–Crippen MR) is 94.9 cm³/mol. The second-order valence-corrected chi connectivity index (χ2v) is 7.69. The topological polar surface area (TPSA) is 48.5 Å². The summed E-state index contributed by atoms with van der Waals surface area (Å²) in [6, 6.07) is 6.84. The van der Waals surface area contributed by atoms with Crippen molar-refractivity contribution in [2.24, 2.45) is 5.41 Å². The van der Waals surface area contributed by atoms with Crippen molar-refractivity contribution in [3.05, 3.63) is 24.4 Å². The summed E-state index contributed by atoms with van der Waals surface area (Å²) in [6.45, 7) is 6.25. The lowest BCUT2D eigenvalue weighted by Gasteiger charge is -2.54. The molecule has 2 saturated heterocycles. The zero-order chi connectivity index (χ0) is 16.6. The molecule has 2 atom stereocenters. The zero-order valence-electron chi connectivity index (χ0n) is 14.6. The van der Waals surface area contributed by atoms with E-state index >= 15 is 0 Å². The van der Waals surface area contributed by atoms with E-state index in [9.17, 15) is 4.79 Å². The Labute approximate surface area is 144 Å². The summed E-state index contributed by atoms with van der Waals surface area (Å²) in [5, 5.41) is 3.56. The number of hydrogen-bond donors (Lipinski definition) is 1. The van der Waals surface area contributed by atoms with E-state index in [4.69, 9.17) is 0 Å². The van der Waals surface area contributed by atoms with Crippen molar-refractivity contribution in [1.29, 1.82) is 0 Å². The van der Waals surface area contributed by atoms with Gasteiger partial charge >= 0.3 is 0 Å². The Bertz CT molecular complexity index is 576. The van der Waals surface area contributed by atoms with Crippen LogP contribution in [0.2, 0.25) is 0 Å². The molecule has 1 spiro atoms. The molecule has 1 aromatic heterocycles. The summed E-state index contributed by atoms with van der Waals surface area (Å²) in [4.78, 5) is 21.2. The SMILES string of the molecule is CC(=O)N(c1ccccn1)C1CCN(C2CCC23CCNC3)CC1. The van der Waals surface area contributed by atoms with Gasteiger partial charge in [0, 0.05) is 44.8 Å². The van der Waals surface area contributed by atoms with Crippen LogP contribution in [0.1, 0.15) is 39.0 Å². The van der Waals surface area contributed by atoms with Crippen molar-refractivity contribution in [1.82, 2.24) is 15.2 Å². The summed E-state index contributed by atoms with van der Waals surface area (Å²) in [7, 11) is 0. The van der Waals surface area contributed by atoms with Gasteiger partial charge in [0.25, 0.3) is 0 Å². The van der Waals surface area contributed by atoms with Crippen molar-refractivity contribution in [3.8, 4) is 0 Å². The number of aromatic nitrogens is 1. The fourth-order valence-electron chi connectivity index (χ4n) is 5.07. The third kappa shape index (κ3) is 2.74. The normalized spacial score (nSPS) is 31.1. The van der Waals surface area contributed by atoms with Crippen molar-refractivity contribution in [3.63, 3.8) is 0 Å². The maximum Gasteiger partial charge on any atom is 0.225 e. The third-order valence-corrected chi connectivity index (χ3v) is 6.44. The molecule has 0 bridgehead atoms. The highest BCUT2D eigenvalue weighted by Crippen LogP contribution is 2.49. The van der Waals surface area contributed by atoms with Gasteiger partial charge in [-0.1, -0.05) is 6.07 Å². The number of carbonyl (C=O) groups is 1. The molecule has 1 aliphatic carbocycles. The number of anilines is 1. The molecule has 1 N–H and O–H groups in total. The Morgan fingerprint density at radius 1 is 1.29 bits per heavy atom. The van der Waals surface area contributed by atoms with Crippen LogP contribution < -0.4 is 10.2 Å². The average Bonchev–Trinajstić information content (AvgIpc) is 3.09. The van der Waals surface area contributed by atoms with E-state index in [2.05, 4.69) is 15.2 Å². The Kier molecular flexibility index (Phi) is 4.31. The molecule has 1 aromatic rings. The van der Waals surface area contributed by atoms with E-state index in [-0.39, 0.29) is 11.9 Å². The highest BCUT2D eigenvalue weighted by molar-refractivity contribution is 5.91. The van der Waals surface area contributed by atoms with Crippen LogP contribution in [0.25, 0.3) is 0 Å². The Morgan fingerprint density at radius 2 is 2.12 bits per heavy atom. The minimum Gasteiger partial charge on any atom is -0.316 e. The number of piperidine rings is 1. The van der Waals surface area contributed by atoms with Gasteiger partial charge in [0.1, 0.15) is 5.82 Å². The number of nitrogens with one attached hydrogen (secondary N) is 1. The maximum atomic E-state index is 12.2. The fourth-order valence-corrected chi connectivity index (χ4v) is 5.07. The van der Waals surface area contributed by atoms with Gasteiger partial charge in [-0.2, -0.15) is 0 Å². The minimum absolute atomic E-state index is 0.104. The Morgan fingerprint density at radius 3 is 2.67 bits per heavy atom. The van der Waals surface area contributed by atoms with E-state index < -0.39 is 0 Å². The zero-order valence-corrected chi connectivity index (χ0v) is 14.6. The minimum atomic E-state index is 0.104. The van der Waals surface area contributed by atoms with E-state index in [0.29, 0.717) is 5.41 Å². The molecule has 0 aromatic carbocycles. The summed E-state index contributed by atoms with van der Waals surface area (Å²) in [5.41, 5.74) is 0.550. The first-order valence-electron chi connectivity index (χ1n) is 9.35. The molecule has 4 rings (SSSR count). The van der Waals surface area contributed by atoms with Crippen LogP contribution in [0.15, 0.2) is 24.4 Å². The Hall–Kier alpha value is -1.46. The van der Waals surface area contributed by atoms with Gasteiger partial charge in [-0.25, -0.2) is 4.98 Å². The van der Waals surface area contributed by atoms with Crippen LogP contribution in [0, 0.1) is 5.41 Å². The van der Waals surface area contributed by atoms with E-state index in [1.54, 1.807) is 13.1 Å². The summed E-state index contributed by atoms with van der Waals surface area (Å²) >= 11 is 0. The second-order valence-electron chi connectivity index (χ2n) is 7.69. The van der Waals surface area contributed by atoms with Gasteiger partial charge in [0.15, 0.2) is 0 Å². The van der Waals surface area contributed by atoms with E-state index in [1.807, 2.05) is 23.1 Å². The van der Waals surface area contributed by atoms with Crippen molar-refractivity contribution in [2.45, 2.75) is 51.1 Å². The molecular formula is C19H28N4O. The van der Waals surface area contributed by atoms with Crippen LogP contribution in [0.5, 0.6) is 0 Å². The molecule has 5 nitrogen and oxygen atoms in total. The van der Waals surface area contributed by atoms with Gasteiger partial charge in [-0.15, -0.1) is 0 Å². The molecule has 3 aliphatic rings.